The molecule has 174 valence electrons. The molecule has 0 spiro atoms. The molecule has 2 aromatic rings. The van der Waals surface area contributed by atoms with Gasteiger partial charge in [-0.05, 0) is 69.4 Å². The minimum atomic E-state index is -3.35. The standard InChI is InChI=1S/C24H29F2NO5/c1-16-13-17(2)15-20(14-16)24(25,26)22(28)8-7-21-10-12-31-32-27(21)11-9-18-3-5-19(6-4-18)23(29)30/h3-6,13-15,21-22,28H,7-12H2,1-2H3,(H,29,30)/t21-,22+/m0/s1. The van der Waals surface area contributed by atoms with E-state index in [0.717, 1.165) is 16.7 Å². The van der Waals surface area contributed by atoms with Crippen molar-refractivity contribution in [1.29, 1.82) is 0 Å². The molecule has 8 heteroatoms. The van der Waals surface area contributed by atoms with Gasteiger partial charge < -0.3 is 10.2 Å². The highest BCUT2D eigenvalue weighted by Crippen LogP contribution is 2.35. The molecule has 3 rings (SSSR count). The molecule has 2 atom stereocenters. The van der Waals surface area contributed by atoms with Crippen LogP contribution in [0.15, 0.2) is 42.5 Å². The van der Waals surface area contributed by atoms with Crippen LogP contribution in [0.3, 0.4) is 0 Å². The maximum atomic E-state index is 14.9. The highest BCUT2D eigenvalue weighted by molar-refractivity contribution is 5.87. The molecule has 1 aliphatic heterocycles. The van der Waals surface area contributed by atoms with Gasteiger partial charge >= 0.3 is 5.97 Å². The van der Waals surface area contributed by atoms with Crippen LogP contribution >= 0.6 is 0 Å². The van der Waals surface area contributed by atoms with E-state index in [1.807, 2.05) is 6.07 Å². The smallest absolute Gasteiger partial charge is 0.335 e. The number of hydrogen-bond acceptors (Lipinski definition) is 5. The summed E-state index contributed by atoms with van der Waals surface area (Å²) in [5.41, 5.74) is 2.42. The van der Waals surface area contributed by atoms with E-state index >= 15 is 0 Å². The Morgan fingerprint density at radius 1 is 1.19 bits per heavy atom. The highest BCUT2D eigenvalue weighted by Gasteiger charge is 2.41. The van der Waals surface area contributed by atoms with Crippen LogP contribution in [0, 0.1) is 13.8 Å². The normalized spacial score (nSPS) is 18.5. The lowest BCUT2D eigenvalue weighted by Gasteiger charge is -2.34. The second kappa shape index (κ2) is 10.5. The number of aliphatic hydroxyl groups excluding tert-OH is 1. The monoisotopic (exact) mass is 449 g/mol. The number of halogens is 2. The number of carboxylic acid groups (broad SMARTS) is 1. The number of aryl methyl sites for hydroxylation is 2. The number of alkyl halides is 2. The zero-order valence-corrected chi connectivity index (χ0v) is 18.3. The number of carbonyl (C=O) groups is 1. The van der Waals surface area contributed by atoms with Crippen molar-refractivity contribution in [2.75, 3.05) is 13.2 Å². The fraction of sp³-hybridized carbons (Fsp3) is 0.458. The van der Waals surface area contributed by atoms with Gasteiger partial charge in [0.2, 0.25) is 0 Å². The van der Waals surface area contributed by atoms with E-state index < -0.39 is 18.0 Å². The van der Waals surface area contributed by atoms with Crippen molar-refractivity contribution >= 4 is 5.97 Å². The lowest BCUT2D eigenvalue weighted by atomic mass is 9.94. The first-order valence-corrected chi connectivity index (χ1v) is 10.7. The molecule has 2 N–H and O–H groups in total. The molecule has 0 bridgehead atoms. The Hall–Kier alpha value is -2.39. The van der Waals surface area contributed by atoms with Gasteiger partial charge in [-0.2, -0.15) is 13.8 Å². The van der Waals surface area contributed by atoms with Crippen LogP contribution in [-0.2, 0) is 22.2 Å². The second-order valence-electron chi connectivity index (χ2n) is 8.32. The first-order valence-electron chi connectivity index (χ1n) is 10.7. The largest absolute Gasteiger partial charge is 0.478 e. The molecule has 1 heterocycles. The van der Waals surface area contributed by atoms with Gasteiger partial charge in [-0.25, -0.2) is 9.68 Å². The zero-order valence-electron chi connectivity index (χ0n) is 18.3. The van der Waals surface area contributed by atoms with Crippen LogP contribution in [-0.4, -0.2) is 46.5 Å². The van der Waals surface area contributed by atoms with Crippen LogP contribution in [0.5, 0.6) is 0 Å². The summed E-state index contributed by atoms with van der Waals surface area (Å²) in [6.45, 7) is 4.30. The van der Waals surface area contributed by atoms with Crippen molar-refractivity contribution in [1.82, 2.24) is 5.06 Å². The molecule has 1 saturated heterocycles. The summed E-state index contributed by atoms with van der Waals surface area (Å²) < 4.78 is 29.7. The number of aromatic carboxylic acids is 1. The fourth-order valence-corrected chi connectivity index (χ4v) is 3.95. The summed E-state index contributed by atoms with van der Waals surface area (Å²) in [6.07, 6.45) is -0.404. The molecule has 32 heavy (non-hydrogen) atoms. The first kappa shape index (κ1) is 24.3. The predicted molar refractivity (Wildman–Crippen MR) is 114 cm³/mol. The topological polar surface area (TPSA) is 79.2 Å². The minimum Gasteiger partial charge on any atom is -0.478 e. The average molecular weight is 449 g/mol. The van der Waals surface area contributed by atoms with Crippen LogP contribution in [0.1, 0.15) is 51.9 Å². The van der Waals surface area contributed by atoms with Gasteiger partial charge in [-0.1, -0.05) is 29.3 Å². The number of nitrogens with zero attached hydrogens (tertiary/aromatic N) is 1. The van der Waals surface area contributed by atoms with Crippen LogP contribution in [0.25, 0.3) is 0 Å². The Kier molecular flexibility index (Phi) is 7.95. The van der Waals surface area contributed by atoms with Gasteiger partial charge in [-0.15, -0.1) is 4.99 Å². The molecule has 0 aliphatic carbocycles. The Morgan fingerprint density at radius 3 is 2.47 bits per heavy atom. The van der Waals surface area contributed by atoms with Gasteiger partial charge in [0.1, 0.15) is 6.10 Å². The van der Waals surface area contributed by atoms with Crippen molar-refractivity contribution in [3.8, 4) is 0 Å². The van der Waals surface area contributed by atoms with E-state index in [4.69, 9.17) is 15.0 Å². The molecule has 2 aromatic carbocycles. The summed E-state index contributed by atoms with van der Waals surface area (Å²) >= 11 is 0. The first-order chi connectivity index (χ1) is 15.2. The summed E-state index contributed by atoms with van der Waals surface area (Å²) in [4.78, 5) is 21.3. The van der Waals surface area contributed by atoms with Crippen LogP contribution in [0.4, 0.5) is 8.78 Å². The molecule has 0 saturated carbocycles. The van der Waals surface area contributed by atoms with Gasteiger partial charge in [0, 0.05) is 18.2 Å². The number of aliphatic hydroxyl groups is 1. The maximum Gasteiger partial charge on any atom is 0.335 e. The van der Waals surface area contributed by atoms with Gasteiger partial charge in [0.25, 0.3) is 5.92 Å². The van der Waals surface area contributed by atoms with Gasteiger partial charge in [0.15, 0.2) is 0 Å². The molecule has 0 amide bonds. The minimum absolute atomic E-state index is 0.0855. The van der Waals surface area contributed by atoms with Crippen molar-refractivity contribution in [2.24, 2.45) is 0 Å². The highest BCUT2D eigenvalue weighted by atomic mass is 19.3. The summed E-state index contributed by atoms with van der Waals surface area (Å²) in [5.74, 6) is -4.33. The van der Waals surface area contributed by atoms with Crippen molar-refractivity contribution in [2.45, 2.75) is 57.6 Å². The third-order valence-electron chi connectivity index (χ3n) is 5.71. The van der Waals surface area contributed by atoms with E-state index in [-0.39, 0.29) is 23.6 Å². The number of hydrogen-bond donors (Lipinski definition) is 2. The zero-order chi connectivity index (χ0) is 23.3. The molecule has 1 aliphatic rings. The summed E-state index contributed by atoms with van der Waals surface area (Å²) in [6, 6.07) is 11.0. The SMILES string of the molecule is Cc1cc(C)cc(C(F)(F)[C@H](O)CC[C@H]2CCOON2CCc2ccc(C(=O)O)cc2)c1. The second-order valence-corrected chi connectivity index (χ2v) is 8.32. The number of hydroxylamine groups is 2. The van der Waals surface area contributed by atoms with Gasteiger partial charge in [-0.3, -0.25) is 0 Å². The average Bonchev–Trinajstić information content (AvgIpc) is 2.76. The van der Waals surface area contributed by atoms with Crippen LogP contribution < -0.4 is 0 Å². The summed E-state index contributed by atoms with van der Waals surface area (Å²) in [5, 5.41) is 20.9. The Labute approximate surface area is 186 Å². The lowest BCUT2D eigenvalue weighted by molar-refractivity contribution is -0.460. The Morgan fingerprint density at radius 2 is 1.84 bits per heavy atom. The van der Waals surface area contributed by atoms with E-state index in [2.05, 4.69) is 0 Å². The molecule has 0 unspecified atom stereocenters. The van der Waals surface area contributed by atoms with Crippen molar-refractivity contribution < 1.29 is 33.7 Å². The molecule has 0 aromatic heterocycles. The Bertz CT molecular complexity index is 899. The van der Waals surface area contributed by atoms with E-state index in [9.17, 15) is 18.7 Å². The fourth-order valence-electron chi connectivity index (χ4n) is 3.95. The Balaban J connectivity index is 1.57. The molecular weight excluding hydrogens is 420 g/mol. The maximum absolute atomic E-state index is 14.9. The van der Waals surface area contributed by atoms with E-state index in [1.54, 1.807) is 31.0 Å². The lowest BCUT2D eigenvalue weighted by Crippen LogP contribution is -2.43. The summed E-state index contributed by atoms with van der Waals surface area (Å²) in [7, 11) is 0. The quantitative estimate of drug-likeness (QED) is 0.552. The third-order valence-corrected chi connectivity index (χ3v) is 5.71. The number of carboxylic acids is 1. The van der Waals surface area contributed by atoms with Gasteiger partial charge in [0.05, 0.1) is 12.2 Å². The predicted octanol–water partition coefficient (Wildman–Crippen LogP) is 4.41. The molecular formula is C24H29F2NO5. The molecule has 6 nitrogen and oxygen atoms in total. The third kappa shape index (κ3) is 6.10. The van der Waals surface area contributed by atoms with Crippen molar-refractivity contribution in [3.05, 3.63) is 70.3 Å². The van der Waals surface area contributed by atoms with Crippen LogP contribution in [0.2, 0.25) is 0 Å². The number of benzene rings is 2. The van der Waals surface area contributed by atoms with E-state index in [0.29, 0.717) is 32.4 Å². The number of rotatable bonds is 9. The van der Waals surface area contributed by atoms with E-state index in [1.165, 1.54) is 24.3 Å². The molecule has 0 radical (unpaired) electrons. The molecule has 1 fully saturated rings. The van der Waals surface area contributed by atoms with Crippen molar-refractivity contribution in [3.63, 3.8) is 0 Å².